The first-order valence-electron chi connectivity index (χ1n) is 8.21. The summed E-state index contributed by atoms with van der Waals surface area (Å²) in [6.07, 6.45) is 5.55. The number of anilines is 1. The fourth-order valence-corrected chi connectivity index (χ4v) is 3.47. The summed E-state index contributed by atoms with van der Waals surface area (Å²) in [5, 5.41) is 11.3. The van der Waals surface area contributed by atoms with Gasteiger partial charge in [0.25, 0.3) is 0 Å². The summed E-state index contributed by atoms with van der Waals surface area (Å²) >= 11 is 0. The standard InChI is InChI=1S/C17H20FN5/c1-10-8-15(20-16(19-10)11-4-2-3-5-11)21-17-13-9-12(18)6-7-14(13)22-23-17/h6-7,9,11,15H,2-5,8H2,1H3,(H2,21,22,23). The average molecular weight is 313 g/mol. The second-order valence-electron chi connectivity index (χ2n) is 6.44. The Morgan fingerprint density at radius 2 is 2.09 bits per heavy atom. The molecule has 0 amide bonds. The normalized spacial score (nSPS) is 22.3. The van der Waals surface area contributed by atoms with Crippen molar-refractivity contribution in [2.45, 2.75) is 45.2 Å². The Hall–Kier alpha value is -2.24. The van der Waals surface area contributed by atoms with E-state index in [4.69, 9.17) is 4.99 Å². The number of nitrogens with one attached hydrogen (secondary N) is 2. The zero-order valence-electron chi connectivity index (χ0n) is 13.1. The van der Waals surface area contributed by atoms with E-state index in [9.17, 15) is 4.39 Å². The van der Waals surface area contributed by atoms with Gasteiger partial charge in [-0.2, -0.15) is 5.10 Å². The highest BCUT2D eigenvalue weighted by Gasteiger charge is 2.25. The highest BCUT2D eigenvalue weighted by atomic mass is 19.1. The topological polar surface area (TPSA) is 65.4 Å². The molecule has 23 heavy (non-hydrogen) atoms. The number of aromatic nitrogens is 2. The number of amidine groups is 1. The maximum absolute atomic E-state index is 13.5. The van der Waals surface area contributed by atoms with E-state index in [0.717, 1.165) is 28.9 Å². The number of aromatic amines is 1. The molecule has 5 nitrogen and oxygen atoms in total. The van der Waals surface area contributed by atoms with Crippen LogP contribution in [0.4, 0.5) is 10.2 Å². The van der Waals surface area contributed by atoms with Gasteiger partial charge in [0.2, 0.25) is 0 Å². The third-order valence-corrected chi connectivity index (χ3v) is 4.63. The van der Waals surface area contributed by atoms with Gasteiger partial charge in [0.05, 0.1) is 5.52 Å². The molecule has 1 aromatic carbocycles. The summed E-state index contributed by atoms with van der Waals surface area (Å²) in [5.41, 5.74) is 1.90. The predicted molar refractivity (Wildman–Crippen MR) is 90.6 cm³/mol. The van der Waals surface area contributed by atoms with Crippen LogP contribution in [0, 0.1) is 11.7 Å². The van der Waals surface area contributed by atoms with E-state index < -0.39 is 0 Å². The molecule has 6 heteroatoms. The summed E-state index contributed by atoms with van der Waals surface area (Å²) in [7, 11) is 0. The molecule has 1 atom stereocenters. The lowest BCUT2D eigenvalue weighted by Crippen LogP contribution is -2.28. The summed E-state index contributed by atoms with van der Waals surface area (Å²) in [5.74, 6) is 1.84. The molecule has 0 saturated heterocycles. The Morgan fingerprint density at radius 3 is 2.91 bits per heavy atom. The SMILES string of the molecule is CC1=NC(C2CCCC2)=NC(Nc2n[nH]c3ccc(F)cc23)C1. The Labute approximate surface area is 134 Å². The molecular weight excluding hydrogens is 293 g/mol. The summed E-state index contributed by atoms with van der Waals surface area (Å²) in [6, 6.07) is 4.62. The molecule has 1 aliphatic carbocycles. The van der Waals surface area contributed by atoms with Gasteiger partial charge in [-0.3, -0.25) is 5.10 Å². The number of benzene rings is 1. The van der Waals surface area contributed by atoms with Crippen LogP contribution in [-0.2, 0) is 0 Å². The molecule has 2 aromatic rings. The monoisotopic (exact) mass is 313 g/mol. The third-order valence-electron chi connectivity index (χ3n) is 4.63. The maximum atomic E-state index is 13.5. The maximum Gasteiger partial charge on any atom is 0.157 e. The second kappa shape index (κ2) is 5.76. The lowest BCUT2D eigenvalue weighted by atomic mass is 10.1. The van der Waals surface area contributed by atoms with E-state index >= 15 is 0 Å². The molecule has 2 N–H and O–H groups in total. The van der Waals surface area contributed by atoms with Crippen LogP contribution < -0.4 is 5.32 Å². The van der Waals surface area contributed by atoms with Gasteiger partial charge in [-0.05, 0) is 38.0 Å². The molecule has 1 saturated carbocycles. The third kappa shape index (κ3) is 2.85. The van der Waals surface area contributed by atoms with Gasteiger partial charge in [-0.1, -0.05) is 12.8 Å². The van der Waals surface area contributed by atoms with E-state index in [-0.39, 0.29) is 12.0 Å². The quantitative estimate of drug-likeness (QED) is 0.902. The Balaban J connectivity index is 1.60. The van der Waals surface area contributed by atoms with E-state index in [1.807, 2.05) is 6.92 Å². The van der Waals surface area contributed by atoms with Crippen molar-refractivity contribution in [3.8, 4) is 0 Å². The Morgan fingerprint density at radius 1 is 1.26 bits per heavy atom. The van der Waals surface area contributed by atoms with E-state index in [2.05, 4.69) is 20.5 Å². The van der Waals surface area contributed by atoms with Crippen LogP contribution >= 0.6 is 0 Å². The Kier molecular flexibility index (Phi) is 3.59. The van der Waals surface area contributed by atoms with Crippen LogP contribution in [0.2, 0.25) is 0 Å². The van der Waals surface area contributed by atoms with Crippen molar-refractivity contribution in [1.29, 1.82) is 0 Å². The minimum atomic E-state index is -0.265. The van der Waals surface area contributed by atoms with E-state index in [1.54, 1.807) is 6.07 Å². The van der Waals surface area contributed by atoms with Gasteiger partial charge in [0, 0.05) is 23.4 Å². The minimum Gasteiger partial charge on any atom is -0.346 e. The molecule has 0 bridgehead atoms. The first-order chi connectivity index (χ1) is 11.2. The molecule has 1 unspecified atom stereocenters. The number of rotatable bonds is 3. The zero-order chi connectivity index (χ0) is 15.8. The smallest absolute Gasteiger partial charge is 0.157 e. The van der Waals surface area contributed by atoms with E-state index in [1.165, 1.54) is 37.8 Å². The molecule has 2 heterocycles. The number of halogens is 1. The van der Waals surface area contributed by atoms with Crippen LogP contribution in [0.1, 0.15) is 39.0 Å². The molecule has 4 rings (SSSR count). The fraction of sp³-hybridized carbons (Fsp3) is 0.471. The zero-order valence-corrected chi connectivity index (χ0v) is 13.1. The highest BCUT2D eigenvalue weighted by Crippen LogP contribution is 2.29. The highest BCUT2D eigenvalue weighted by molar-refractivity contribution is 6.00. The first-order valence-corrected chi connectivity index (χ1v) is 8.21. The first kappa shape index (κ1) is 14.4. The van der Waals surface area contributed by atoms with Crippen molar-refractivity contribution >= 4 is 28.3 Å². The van der Waals surface area contributed by atoms with Crippen LogP contribution in [0.25, 0.3) is 10.9 Å². The van der Waals surface area contributed by atoms with Gasteiger partial charge in [0.15, 0.2) is 5.82 Å². The van der Waals surface area contributed by atoms with Crippen molar-refractivity contribution < 1.29 is 4.39 Å². The van der Waals surface area contributed by atoms with Gasteiger partial charge in [-0.15, -0.1) is 0 Å². The average Bonchev–Trinajstić information content (AvgIpc) is 3.17. The van der Waals surface area contributed by atoms with Crippen molar-refractivity contribution in [2.24, 2.45) is 15.9 Å². The number of hydrogen-bond acceptors (Lipinski definition) is 4. The molecule has 2 aliphatic rings. The lowest BCUT2D eigenvalue weighted by Gasteiger charge is -2.22. The molecule has 1 aromatic heterocycles. The fourth-order valence-electron chi connectivity index (χ4n) is 3.47. The van der Waals surface area contributed by atoms with Crippen molar-refractivity contribution in [2.75, 3.05) is 5.32 Å². The van der Waals surface area contributed by atoms with Crippen LogP contribution in [0.15, 0.2) is 28.2 Å². The summed E-state index contributed by atoms with van der Waals surface area (Å²) < 4.78 is 13.5. The number of hydrogen-bond donors (Lipinski definition) is 2. The van der Waals surface area contributed by atoms with Gasteiger partial charge in [-0.25, -0.2) is 14.4 Å². The van der Waals surface area contributed by atoms with Crippen molar-refractivity contribution in [3.63, 3.8) is 0 Å². The molecule has 0 radical (unpaired) electrons. The van der Waals surface area contributed by atoms with Gasteiger partial charge >= 0.3 is 0 Å². The molecule has 0 spiro atoms. The molecule has 1 fully saturated rings. The second-order valence-corrected chi connectivity index (χ2v) is 6.44. The van der Waals surface area contributed by atoms with Crippen LogP contribution in [0.3, 0.4) is 0 Å². The van der Waals surface area contributed by atoms with Crippen molar-refractivity contribution in [3.05, 3.63) is 24.0 Å². The lowest BCUT2D eigenvalue weighted by molar-refractivity contribution is 0.629. The largest absolute Gasteiger partial charge is 0.346 e. The van der Waals surface area contributed by atoms with Crippen LogP contribution in [0.5, 0.6) is 0 Å². The molecule has 1 aliphatic heterocycles. The van der Waals surface area contributed by atoms with Crippen molar-refractivity contribution in [1.82, 2.24) is 10.2 Å². The minimum absolute atomic E-state index is 0.0853. The number of aliphatic imine (C=N–C) groups is 2. The molecule has 120 valence electrons. The molecular formula is C17H20FN5. The van der Waals surface area contributed by atoms with E-state index in [0.29, 0.717) is 11.7 Å². The summed E-state index contributed by atoms with van der Waals surface area (Å²) in [4.78, 5) is 9.45. The number of fused-ring (bicyclic) bond motifs is 1. The summed E-state index contributed by atoms with van der Waals surface area (Å²) in [6.45, 7) is 2.04. The Bertz CT molecular complexity index is 785. The van der Waals surface area contributed by atoms with Crippen LogP contribution in [-0.4, -0.2) is 27.9 Å². The van der Waals surface area contributed by atoms with Gasteiger partial charge in [0.1, 0.15) is 17.8 Å². The van der Waals surface area contributed by atoms with Gasteiger partial charge < -0.3 is 5.32 Å². The number of nitrogens with zero attached hydrogens (tertiary/aromatic N) is 3. The number of H-pyrrole nitrogens is 1. The predicted octanol–water partition coefficient (Wildman–Crippen LogP) is 3.89.